The molecular weight excluding hydrogens is 492 g/mol. The Kier molecular flexibility index (Phi) is 11.4. The van der Waals surface area contributed by atoms with Crippen LogP contribution in [0.3, 0.4) is 0 Å². The largest absolute Gasteiger partial charge is 0.494 e. The summed E-state index contributed by atoms with van der Waals surface area (Å²) >= 11 is 0. The number of hydrogen-bond acceptors (Lipinski definition) is 6. The molecule has 1 saturated carbocycles. The Bertz CT molecular complexity index is 1150. The van der Waals surface area contributed by atoms with E-state index in [1.807, 2.05) is 49.5 Å². The lowest BCUT2D eigenvalue weighted by Crippen LogP contribution is -2.35. The number of carboxylic acid groups (broad SMARTS) is 1. The smallest absolute Gasteiger partial charge is 0.305 e. The molecule has 1 unspecified atom stereocenters. The fourth-order valence-electron chi connectivity index (χ4n) is 4.92. The Morgan fingerprint density at radius 2 is 1.87 bits per heavy atom. The van der Waals surface area contributed by atoms with E-state index >= 15 is 0 Å². The minimum atomic E-state index is -0.927. The summed E-state index contributed by atoms with van der Waals surface area (Å²) in [6.45, 7) is 4.77. The van der Waals surface area contributed by atoms with Gasteiger partial charge < -0.3 is 25.8 Å². The first-order chi connectivity index (χ1) is 18.8. The zero-order chi connectivity index (χ0) is 28.2. The molecule has 1 aliphatic carbocycles. The molecule has 0 radical (unpaired) electrons. The first-order valence-electron chi connectivity index (χ1n) is 13.9. The summed E-state index contributed by atoms with van der Waals surface area (Å²) in [5.74, 6) is 0.0578. The number of aliphatic carboxylic acids is 1. The highest BCUT2D eigenvalue weighted by Gasteiger charge is 2.27. The van der Waals surface area contributed by atoms with Crippen molar-refractivity contribution >= 4 is 29.5 Å². The molecule has 3 rings (SSSR count). The van der Waals surface area contributed by atoms with Crippen LogP contribution < -0.4 is 15.8 Å². The zero-order valence-corrected chi connectivity index (χ0v) is 23.4. The molecule has 2 aromatic carbocycles. The van der Waals surface area contributed by atoms with Gasteiger partial charge in [0.25, 0.3) is 5.91 Å². The fraction of sp³-hybridized carbons (Fsp3) is 0.452. The summed E-state index contributed by atoms with van der Waals surface area (Å²) < 4.78 is 5.63. The normalized spacial score (nSPS) is 15.5. The molecule has 2 aromatic rings. The molecule has 0 heterocycles. The Morgan fingerprint density at radius 1 is 1.15 bits per heavy atom. The van der Waals surface area contributed by atoms with E-state index in [9.17, 15) is 9.59 Å². The van der Waals surface area contributed by atoms with Crippen molar-refractivity contribution in [2.45, 2.75) is 64.8 Å². The van der Waals surface area contributed by atoms with Gasteiger partial charge in [-0.2, -0.15) is 0 Å². The number of nitrogens with two attached hydrogens (primary N) is 1. The van der Waals surface area contributed by atoms with Gasteiger partial charge in [0.15, 0.2) is 0 Å². The Labute approximate surface area is 232 Å². The topological polar surface area (TPSA) is 117 Å². The lowest BCUT2D eigenvalue weighted by atomic mass is 9.80. The van der Waals surface area contributed by atoms with Gasteiger partial charge in [-0.05, 0) is 68.5 Å². The molecule has 0 aliphatic heterocycles. The van der Waals surface area contributed by atoms with Gasteiger partial charge in [0.2, 0.25) is 0 Å². The Hall–Kier alpha value is -3.81. The van der Waals surface area contributed by atoms with Crippen molar-refractivity contribution in [3.63, 3.8) is 0 Å². The van der Waals surface area contributed by atoms with E-state index in [4.69, 9.17) is 20.6 Å². The van der Waals surface area contributed by atoms with Crippen LogP contribution in [-0.4, -0.2) is 54.3 Å². The standard InChI is InChI=1S/C31H42N4O4/c1-4-28(32)27(21-33-25-12-9-13-26(20-25)39-5-2)30(22-10-7-6-8-11-22)34-24-16-14-23(15-17-24)31(38)35(3)19-18-29(36)37/h9,12-17,20-22,30,34H,4-8,10-11,18-19,32H2,1-3H3,(H,36,37). The van der Waals surface area contributed by atoms with Crippen molar-refractivity contribution in [2.24, 2.45) is 16.6 Å². The third-order valence-corrected chi connectivity index (χ3v) is 7.15. The highest BCUT2D eigenvalue weighted by molar-refractivity contribution is 5.94. The van der Waals surface area contributed by atoms with Crippen LogP contribution in [0.25, 0.3) is 0 Å². The number of amides is 1. The molecule has 1 fully saturated rings. The number of ether oxygens (including phenoxy) is 1. The molecule has 1 amide bonds. The minimum Gasteiger partial charge on any atom is -0.494 e. The van der Waals surface area contributed by atoms with Gasteiger partial charge in [-0.1, -0.05) is 32.3 Å². The van der Waals surface area contributed by atoms with Crippen LogP contribution in [0.15, 0.2) is 64.8 Å². The molecule has 1 atom stereocenters. The van der Waals surface area contributed by atoms with E-state index in [0.29, 0.717) is 24.5 Å². The van der Waals surface area contributed by atoms with E-state index < -0.39 is 5.97 Å². The SMILES string of the molecule is CCOc1cccc(N=CC(=C(N)CC)C(Nc2ccc(C(=O)N(C)CCC(=O)O)cc2)C2CCCCC2)c1. The zero-order valence-electron chi connectivity index (χ0n) is 23.4. The maximum absolute atomic E-state index is 12.7. The molecule has 0 saturated heterocycles. The third kappa shape index (κ3) is 8.87. The second kappa shape index (κ2) is 15.0. The Balaban J connectivity index is 1.85. The van der Waals surface area contributed by atoms with Gasteiger partial charge in [-0.15, -0.1) is 0 Å². The number of carbonyl (C=O) groups is 2. The maximum atomic E-state index is 12.7. The van der Waals surface area contributed by atoms with Crippen molar-refractivity contribution in [1.29, 1.82) is 0 Å². The number of allylic oxidation sites excluding steroid dienone is 1. The van der Waals surface area contributed by atoms with Crippen LogP contribution in [0.4, 0.5) is 11.4 Å². The van der Waals surface area contributed by atoms with Crippen molar-refractivity contribution in [2.75, 3.05) is 25.5 Å². The lowest BCUT2D eigenvalue weighted by Gasteiger charge is -2.33. The van der Waals surface area contributed by atoms with Crippen molar-refractivity contribution in [1.82, 2.24) is 4.90 Å². The number of anilines is 1. The second-order valence-corrected chi connectivity index (χ2v) is 9.99. The first kappa shape index (κ1) is 29.7. The van der Waals surface area contributed by atoms with Gasteiger partial charge >= 0.3 is 5.97 Å². The van der Waals surface area contributed by atoms with E-state index in [2.05, 4.69) is 12.2 Å². The predicted octanol–water partition coefficient (Wildman–Crippen LogP) is 6.02. The molecule has 0 bridgehead atoms. The number of carbonyl (C=O) groups excluding carboxylic acids is 1. The van der Waals surface area contributed by atoms with E-state index in [0.717, 1.165) is 41.2 Å². The molecular formula is C31H42N4O4. The van der Waals surface area contributed by atoms with Gasteiger partial charge in [0, 0.05) is 48.4 Å². The third-order valence-electron chi connectivity index (χ3n) is 7.15. The van der Waals surface area contributed by atoms with Crippen LogP contribution >= 0.6 is 0 Å². The van der Waals surface area contributed by atoms with Crippen LogP contribution in [-0.2, 0) is 4.79 Å². The minimum absolute atomic E-state index is 0.0242. The number of aliphatic imine (C=N–C) groups is 1. The number of nitrogens with zero attached hydrogens (tertiary/aromatic N) is 2. The summed E-state index contributed by atoms with van der Waals surface area (Å²) in [5, 5.41) is 12.6. The molecule has 0 aromatic heterocycles. The summed E-state index contributed by atoms with van der Waals surface area (Å²) in [4.78, 5) is 29.8. The number of carboxylic acids is 1. The highest BCUT2D eigenvalue weighted by atomic mass is 16.5. The van der Waals surface area contributed by atoms with Crippen LogP contribution in [0.5, 0.6) is 5.75 Å². The van der Waals surface area contributed by atoms with Gasteiger partial charge in [0.1, 0.15) is 5.75 Å². The molecule has 210 valence electrons. The van der Waals surface area contributed by atoms with Crippen LogP contribution in [0, 0.1) is 5.92 Å². The average Bonchev–Trinajstić information content (AvgIpc) is 2.96. The van der Waals surface area contributed by atoms with Crippen molar-refractivity contribution in [3.8, 4) is 5.75 Å². The van der Waals surface area contributed by atoms with Crippen LogP contribution in [0.2, 0.25) is 0 Å². The summed E-state index contributed by atoms with van der Waals surface area (Å²) in [5.41, 5.74) is 10.6. The average molecular weight is 535 g/mol. The number of rotatable bonds is 13. The quantitative estimate of drug-likeness (QED) is 0.271. The van der Waals surface area contributed by atoms with E-state index in [1.54, 1.807) is 19.2 Å². The number of hydrogen-bond donors (Lipinski definition) is 3. The van der Waals surface area contributed by atoms with Crippen molar-refractivity contribution in [3.05, 3.63) is 65.4 Å². The predicted molar refractivity (Wildman–Crippen MR) is 157 cm³/mol. The van der Waals surface area contributed by atoms with Crippen LogP contribution in [0.1, 0.15) is 69.2 Å². The molecule has 39 heavy (non-hydrogen) atoms. The monoisotopic (exact) mass is 534 g/mol. The molecule has 1 aliphatic rings. The van der Waals surface area contributed by atoms with Gasteiger partial charge in [0.05, 0.1) is 24.8 Å². The molecule has 4 N–H and O–H groups in total. The van der Waals surface area contributed by atoms with Gasteiger partial charge in [-0.25, -0.2) is 0 Å². The maximum Gasteiger partial charge on any atom is 0.305 e. The summed E-state index contributed by atoms with van der Waals surface area (Å²) in [7, 11) is 1.62. The molecule has 0 spiro atoms. The Morgan fingerprint density at radius 3 is 2.51 bits per heavy atom. The van der Waals surface area contributed by atoms with Crippen molar-refractivity contribution < 1.29 is 19.4 Å². The fourth-order valence-corrected chi connectivity index (χ4v) is 4.92. The molecule has 8 heteroatoms. The summed E-state index contributed by atoms with van der Waals surface area (Å²) in [6, 6.07) is 15.1. The number of nitrogens with one attached hydrogen (secondary N) is 1. The van der Waals surface area contributed by atoms with E-state index in [-0.39, 0.29) is 24.9 Å². The lowest BCUT2D eigenvalue weighted by molar-refractivity contribution is -0.137. The summed E-state index contributed by atoms with van der Waals surface area (Å²) in [6.07, 6.45) is 8.35. The highest BCUT2D eigenvalue weighted by Crippen LogP contribution is 2.32. The molecule has 8 nitrogen and oxygen atoms in total. The van der Waals surface area contributed by atoms with E-state index in [1.165, 1.54) is 24.2 Å². The number of benzene rings is 2. The van der Waals surface area contributed by atoms with Gasteiger partial charge in [-0.3, -0.25) is 14.6 Å². The first-order valence-corrected chi connectivity index (χ1v) is 13.9. The second-order valence-electron chi connectivity index (χ2n) is 9.99.